The van der Waals surface area contributed by atoms with Crippen molar-refractivity contribution in [1.82, 2.24) is 4.98 Å². The van der Waals surface area contributed by atoms with Crippen LogP contribution in [0.2, 0.25) is 0 Å². The van der Waals surface area contributed by atoms with Crippen LogP contribution in [0.5, 0.6) is 5.75 Å². The van der Waals surface area contributed by atoms with Crippen molar-refractivity contribution in [3.63, 3.8) is 0 Å². The van der Waals surface area contributed by atoms with Crippen LogP contribution in [0.4, 0.5) is 5.69 Å². The van der Waals surface area contributed by atoms with Crippen LogP contribution >= 0.6 is 11.3 Å². The molecule has 0 radical (unpaired) electrons. The van der Waals surface area contributed by atoms with Crippen molar-refractivity contribution >= 4 is 28.9 Å². The monoisotopic (exact) mass is 464 g/mol. The minimum Gasteiger partial charge on any atom is -0.479 e. The summed E-state index contributed by atoms with van der Waals surface area (Å²) in [6.45, 7) is 6.64. The summed E-state index contributed by atoms with van der Waals surface area (Å²) in [5.41, 5.74) is 4.01. The number of carbonyl (C=O) groups excluding carboxylic acids is 2. The Morgan fingerprint density at radius 3 is 2.67 bits per heavy atom. The summed E-state index contributed by atoms with van der Waals surface area (Å²) in [6.07, 6.45) is 2.23. The molecule has 1 aliphatic rings. The van der Waals surface area contributed by atoms with E-state index in [0.29, 0.717) is 24.5 Å². The number of aryl methyl sites for hydroxylation is 1. The first-order valence-electron chi connectivity index (χ1n) is 11.3. The summed E-state index contributed by atoms with van der Waals surface area (Å²) in [4.78, 5) is 31.6. The molecule has 6 nitrogen and oxygen atoms in total. The average molecular weight is 465 g/mol. The lowest BCUT2D eigenvalue weighted by Crippen LogP contribution is -2.44. The number of ether oxygens (including phenoxy) is 2. The zero-order chi connectivity index (χ0) is 23.4. The normalized spacial score (nSPS) is 15.2. The predicted molar refractivity (Wildman–Crippen MR) is 130 cm³/mol. The minimum atomic E-state index is -0.568. The number of esters is 1. The van der Waals surface area contributed by atoms with E-state index >= 15 is 0 Å². The Bertz CT molecular complexity index is 1140. The number of rotatable bonds is 8. The van der Waals surface area contributed by atoms with Gasteiger partial charge in [0.2, 0.25) is 0 Å². The molecule has 4 rings (SSSR count). The van der Waals surface area contributed by atoms with E-state index in [0.717, 1.165) is 46.8 Å². The molecular weight excluding hydrogens is 436 g/mol. The maximum atomic E-state index is 13.0. The van der Waals surface area contributed by atoms with Gasteiger partial charge in [-0.05, 0) is 62.1 Å². The van der Waals surface area contributed by atoms with E-state index in [-0.39, 0.29) is 11.9 Å². The van der Waals surface area contributed by atoms with Gasteiger partial charge in [0, 0.05) is 10.9 Å². The Morgan fingerprint density at radius 1 is 1.15 bits per heavy atom. The molecule has 0 fully saturated rings. The van der Waals surface area contributed by atoms with Gasteiger partial charge in [0.15, 0.2) is 6.10 Å². The molecule has 0 saturated heterocycles. The van der Waals surface area contributed by atoms with Crippen LogP contribution in [0.15, 0.2) is 47.8 Å². The molecule has 33 heavy (non-hydrogen) atoms. The van der Waals surface area contributed by atoms with E-state index < -0.39 is 6.10 Å². The number of hydrogen-bond donors (Lipinski definition) is 0. The first-order valence-corrected chi connectivity index (χ1v) is 12.2. The summed E-state index contributed by atoms with van der Waals surface area (Å²) in [7, 11) is 0. The second kappa shape index (κ2) is 10.2. The van der Waals surface area contributed by atoms with Crippen molar-refractivity contribution in [2.75, 3.05) is 11.5 Å². The van der Waals surface area contributed by atoms with Crippen LogP contribution in [0.3, 0.4) is 0 Å². The number of benzene rings is 2. The third-order valence-electron chi connectivity index (χ3n) is 5.45. The maximum Gasteiger partial charge on any atom is 0.338 e. The molecule has 1 unspecified atom stereocenters. The molecule has 0 bridgehead atoms. The quantitative estimate of drug-likeness (QED) is 0.403. The van der Waals surface area contributed by atoms with E-state index in [4.69, 9.17) is 14.5 Å². The third kappa shape index (κ3) is 5.09. The smallest absolute Gasteiger partial charge is 0.338 e. The Labute approximate surface area is 198 Å². The van der Waals surface area contributed by atoms with E-state index in [1.807, 2.05) is 37.3 Å². The first-order chi connectivity index (χ1) is 16.0. The van der Waals surface area contributed by atoms with Crippen molar-refractivity contribution in [2.24, 2.45) is 0 Å². The first kappa shape index (κ1) is 23.0. The van der Waals surface area contributed by atoms with E-state index in [1.165, 1.54) is 0 Å². The van der Waals surface area contributed by atoms with Crippen LogP contribution in [0, 0.1) is 0 Å². The highest BCUT2D eigenvalue weighted by atomic mass is 32.1. The van der Waals surface area contributed by atoms with Gasteiger partial charge in [-0.15, -0.1) is 11.3 Å². The number of amides is 1. The molecule has 172 valence electrons. The van der Waals surface area contributed by atoms with Crippen LogP contribution < -0.4 is 9.64 Å². The lowest BCUT2D eigenvalue weighted by molar-refractivity contribution is -0.125. The Kier molecular flexibility index (Phi) is 7.08. The summed E-state index contributed by atoms with van der Waals surface area (Å²) >= 11 is 1.66. The van der Waals surface area contributed by atoms with Gasteiger partial charge < -0.3 is 14.4 Å². The molecule has 1 atom stereocenters. The maximum absolute atomic E-state index is 13.0. The van der Waals surface area contributed by atoms with Gasteiger partial charge in [0.05, 0.1) is 35.1 Å². The highest BCUT2D eigenvalue weighted by molar-refractivity contribution is 7.09. The molecule has 7 heteroatoms. The number of thiazole rings is 1. The molecule has 1 aliphatic heterocycles. The van der Waals surface area contributed by atoms with E-state index in [1.54, 1.807) is 35.3 Å². The number of aromatic nitrogens is 1. The zero-order valence-corrected chi connectivity index (χ0v) is 20.0. The van der Waals surface area contributed by atoms with Crippen molar-refractivity contribution in [3.8, 4) is 17.0 Å². The van der Waals surface area contributed by atoms with Gasteiger partial charge in [-0.2, -0.15) is 0 Å². The van der Waals surface area contributed by atoms with Gasteiger partial charge in [-0.25, -0.2) is 9.78 Å². The number of hydrogen-bond acceptors (Lipinski definition) is 6. The van der Waals surface area contributed by atoms with Crippen molar-refractivity contribution < 1.29 is 19.1 Å². The molecule has 2 heterocycles. The van der Waals surface area contributed by atoms with Crippen molar-refractivity contribution in [3.05, 3.63) is 64.0 Å². The third-order valence-corrected chi connectivity index (χ3v) is 6.35. The lowest BCUT2D eigenvalue weighted by atomic mass is 10.1. The largest absolute Gasteiger partial charge is 0.479 e. The molecule has 0 spiro atoms. The molecule has 0 saturated carbocycles. The van der Waals surface area contributed by atoms with Gasteiger partial charge in [0.25, 0.3) is 5.91 Å². The second-order valence-electron chi connectivity index (χ2n) is 8.08. The fourth-order valence-electron chi connectivity index (χ4n) is 3.71. The molecule has 3 aromatic rings. The van der Waals surface area contributed by atoms with E-state index in [2.05, 4.69) is 12.3 Å². The summed E-state index contributed by atoms with van der Waals surface area (Å²) < 4.78 is 11.1. The topological polar surface area (TPSA) is 68.7 Å². The Morgan fingerprint density at radius 2 is 1.94 bits per heavy atom. The number of fused-ring (bicyclic) bond motifs is 1. The molecule has 0 N–H and O–H groups in total. The second-order valence-corrected chi connectivity index (χ2v) is 9.02. The lowest BCUT2D eigenvalue weighted by Gasteiger charge is -2.33. The van der Waals surface area contributed by atoms with Gasteiger partial charge in [-0.3, -0.25) is 4.79 Å². The van der Waals surface area contributed by atoms with Crippen LogP contribution in [-0.4, -0.2) is 29.6 Å². The van der Waals surface area contributed by atoms with Crippen molar-refractivity contribution in [2.45, 2.75) is 52.7 Å². The zero-order valence-electron chi connectivity index (χ0n) is 19.2. The van der Waals surface area contributed by atoms with Gasteiger partial charge in [0.1, 0.15) is 5.75 Å². The van der Waals surface area contributed by atoms with Gasteiger partial charge in [-0.1, -0.05) is 26.0 Å². The fraction of sp³-hybridized carbons (Fsp3) is 0.346. The number of anilines is 1. The SMILES string of the molecule is CCCOC(=O)c1ccc(CN2C(=O)C(C)Oc3ccc(-c4csc(CCC)n4)cc32)cc1. The standard InChI is InChI=1S/C26H28N2O4S/c1-4-6-24-27-21(16-33-24)20-11-12-23-22(14-20)28(25(29)17(3)32-23)15-18-7-9-19(10-8-18)26(30)31-13-5-2/h7-12,14,16-17H,4-6,13,15H2,1-3H3. The highest BCUT2D eigenvalue weighted by Crippen LogP contribution is 2.38. The van der Waals surface area contributed by atoms with Crippen molar-refractivity contribution in [1.29, 1.82) is 0 Å². The number of nitrogens with zero attached hydrogens (tertiary/aromatic N) is 2. The molecule has 0 aliphatic carbocycles. The van der Waals surface area contributed by atoms with E-state index in [9.17, 15) is 9.59 Å². The molecular formula is C26H28N2O4S. The van der Waals surface area contributed by atoms with Crippen LogP contribution in [-0.2, 0) is 22.5 Å². The summed E-state index contributed by atoms with van der Waals surface area (Å²) in [5, 5.41) is 3.17. The molecule has 2 aromatic carbocycles. The Hall–Kier alpha value is -3.19. The van der Waals surface area contributed by atoms with Gasteiger partial charge >= 0.3 is 5.97 Å². The fourth-order valence-corrected chi connectivity index (χ4v) is 4.62. The highest BCUT2D eigenvalue weighted by Gasteiger charge is 2.32. The summed E-state index contributed by atoms with van der Waals surface area (Å²) in [6, 6.07) is 13.1. The number of carbonyl (C=O) groups is 2. The predicted octanol–water partition coefficient (Wildman–Crippen LogP) is 5.64. The Balaban J connectivity index is 1.59. The van der Waals surface area contributed by atoms with Crippen LogP contribution in [0.25, 0.3) is 11.3 Å². The van der Waals surface area contributed by atoms with Crippen LogP contribution in [0.1, 0.15) is 54.5 Å². The minimum absolute atomic E-state index is 0.101. The average Bonchev–Trinajstić information content (AvgIpc) is 3.29. The molecule has 1 aromatic heterocycles. The molecule has 1 amide bonds. The summed E-state index contributed by atoms with van der Waals surface area (Å²) in [5.74, 6) is 0.242.